The molecule has 3 heteroatoms. The molecule has 0 spiro atoms. The van der Waals surface area contributed by atoms with E-state index in [0.29, 0.717) is 12.3 Å². The summed E-state index contributed by atoms with van der Waals surface area (Å²) < 4.78 is 19.3. The Labute approximate surface area is 110 Å². The fourth-order valence-corrected chi connectivity index (χ4v) is 1.42. The second-order valence-electron chi connectivity index (χ2n) is 5.71. The van der Waals surface area contributed by atoms with Crippen molar-refractivity contribution >= 4 is 0 Å². The van der Waals surface area contributed by atoms with E-state index in [9.17, 15) is 4.39 Å². The summed E-state index contributed by atoms with van der Waals surface area (Å²) in [6.07, 6.45) is 0.908. The van der Waals surface area contributed by atoms with E-state index >= 15 is 0 Å². The van der Waals surface area contributed by atoms with Gasteiger partial charge >= 0.3 is 0 Å². The van der Waals surface area contributed by atoms with Crippen LogP contribution in [0.5, 0.6) is 5.75 Å². The van der Waals surface area contributed by atoms with Crippen LogP contribution in [0, 0.1) is 5.82 Å². The molecule has 1 atom stereocenters. The number of hydrogen-bond donors (Lipinski definition) is 1. The van der Waals surface area contributed by atoms with Crippen LogP contribution < -0.4 is 10.1 Å². The predicted octanol–water partition coefficient (Wildman–Crippen LogP) is 3.89. The summed E-state index contributed by atoms with van der Waals surface area (Å²) in [5.41, 5.74) is 0.960. The third kappa shape index (κ3) is 5.05. The molecule has 0 saturated heterocycles. The Hall–Kier alpha value is -1.09. The van der Waals surface area contributed by atoms with Crippen LogP contribution in [-0.4, -0.2) is 11.6 Å². The van der Waals surface area contributed by atoms with Gasteiger partial charge in [0.25, 0.3) is 0 Å². The van der Waals surface area contributed by atoms with E-state index < -0.39 is 0 Å². The van der Waals surface area contributed by atoms with E-state index in [4.69, 9.17) is 4.74 Å². The molecule has 1 unspecified atom stereocenters. The molecule has 1 aromatic carbocycles. The van der Waals surface area contributed by atoms with Crippen molar-refractivity contribution in [3.63, 3.8) is 0 Å². The summed E-state index contributed by atoms with van der Waals surface area (Å²) in [5, 5.41) is 3.33. The van der Waals surface area contributed by atoms with E-state index in [2.05, 4.69) is 26.1 Å². The minimum atomic E-state index is -0.288. The largest absolute Gasteiger partial charge is 0.488 e. The molecule has 0 saturated carbocycles. The highest BCUT2D eigenvalue weighted by Crippen LogP contribution is 2.20. The third-order valence-corrected chi connectivity index (χ3v) is 2.72. The number of rotatable bonds is 5. The lowest BCUT2D eigenvalue weighted by molar-refractivity contribution is 0.207. The van der Waals surface area contributed by atoms with Crippen LogP contribution in [0.2, 0.25) is 0 Å². The number of hydrogen-bond acceptors (Lipinski definition) is 2. The minimum Gasteiger partial charge on any atom is -0.488 e. The minimum absolute atomic E-state index is 0.0301. The summed E-state index contributed by atoms with van der Waals surface area (Å²) in [6, 6.07) is 5.15. The molecule has 0 aliphatic heterocycles. The maximum Gasteiger partial charge on any atom is 0.165 e. The second kappa shape index (κ2) is 6.19. The molecule has 0 heterocycles. The van der Waals surface area contributed by atoms with Crippen molar-refractivity contribution in [1.82, 2.24) is 5.32 Å². The van der Waals surface area contributed by atoms with E-state index in [1.165, 1.54) is 6.07 Å². The Kier molecular flexibility index (Phi) is 5.15. The molecule has 102 valence electrons. The lowest BCUT2D eigenvalue weighted by Gasteiger charge is -2.21. The first-order valence-electron chi connectivity index (χ1n) is 6.52. The lowest BCUT2D eigenvalue weighted by atomic mass is 10.1. The fourth-order valence-electron chi connectivity index (χ4n) is 1.42. The highest BCUT2D eigenvalue weighted by Gasteiger charge is 2.11. The monoisotopic (exact) mass is 253 g/mol. The first kappa shape index (κ1) is 15.0. The van der Waals surface area contributed by atoms with E-state index in [-0.39, 0.29) is 17.5 Å². The molecule has 1 aromatic rings. The summed E-state index contributed by atoms with van der Waals surface area (Å²) in [7, 11) is 0. The van der Waals surface area contributed by atoms with Gasteiger partial charge in [-0.15, -0.1) is 0 Å². The van der Waals surface area contributed by atoms with Crippen LogP contribution in [0.25, 0.3) is 0 Å². The van der Waals surface area contributed by atoms with Crippen LogP contribution in [-0.2, 0) is 6.54 Å². The zero-order chi connectivity index (χ0) is 13.8. The molecular formula is C15H24FNO. The topological polar surface area (TPSA) is 21.3 Å². The molecule has 18 heavy (non-hydrogen) atoms. The fraction of sp³-hybridized carbons (Fsp3) is 0.600. The molecule has 1 rings (SSSR count). The standard InChI is InChI=1S/C15H24FNO/c1-6-11(2)18-14-8-7-12(9-13(14)16)10-17-15(3,4)5/h7-9,11,17H,6,10H2,1-5H3. The molecular weight excluding hydrogens is 229 g/mol. The number of ether oxygens (including phenoxy) is 1. The smallest absolute Gasteiger partial charge is 0.165 e. The van der Waals surface area contributed by atoms with Gasteiger partial charge in [-0.2, -0.15) is 0 Å². The van der Waals surface area contributed by atoms with Crippen molar-refractivity contribution in [2.45, 2.75) is 59.2 Å². The van der Waals surface area contributed by atoms with Gasteiger partial charge in [-0.3, -0.25) is 0 Å². The molecule has 2 nitrogen and oxygen atoms in total. The predicted molar refractivity (Wildman–Crippen MR) is 73.4 cm³/mol. The van der Waals surface area contributed by atoms with E-state index in [0.717, 1.165) is 12.0 Å². The molecule has 0 radical (unpaired) electrons. The average molecular weight is 253 g/mol. The van der Waals surface area contributed by atoms with E-state index in [1.54, 1.807) is 6.07 Å². The second-order valence-corrected chi connectivity index (χ2v) is 5.71. The van der Waals surface area contributed by atoms with Crippen molar-refractivity contribution in [1.29, 1.82) is 0 Å². The van der Waals surface area contributed by atoms with Gasteiger partial charge in [0.05, 0.1) is 6.10 Å². The Morgan fingerprint density at radius 3 is 2.50 bits per heavy atom. The van der Waals surface area contributed by atoms with Crippen molar-refractivity contribution < 1.29 is 9.13 Å². The molecule has 1 N–H and O–H groups in total. The van der Waals surface area contributed by atoms with Crippen LogP contribution in [0.4, 0.5) is 4.39 Å². The van der Waals surface area contributed by atoms with Crippen LogP contribution in [0.1, 0.15) is 46.6 Å². The van der Waals surface area contributed by atoms with Gasteiger partial charge in [-0.25, -0.2) is 4.39 Å². The van der Waals surface area contributed by atoms with Crippen molar-refractivity contribution in [2.24, 2.45) is 0 Å². The lowest BCUT2D eigenvalue weighted by Crippen LogP contribution is -2.35. The quantitative estimate of drug-likeness (QED) is 0.859. The first-order chi connectivity index (χ1) is 8.31. The maximum absolute atomic E-state index is 13.8. The molecule has 0 bridgehead atoms. The van der Waals surface area contributed by atoms with Gasteiger partial charge < -0.3 is 10.1 Å². The van der Waals surface area contributed by atoms with Gasteiger partial charge in [0, 0.05) is 12.1 Å². The Balaban J connectivity index is 2.67. The van der Waals surface area contributed by atoms with Gasteiger partial charge in [-0.1, -0.05) is 13.0 Å². The van der Waals surface area contributed by atoms with Crippen LogP contribution in [0.3, 0.4) is 0 Å². The number of nitrogens with one attached hydrogen (secondary N) is 1. The summed E-state index contributed by atoms with van der Waals surface area (Å²) >= 11 is 0. The molecule has 0 aromatic heterocycles. The van der Waals surface area contributed by atoms with Crippen LogP contribution >= 0.6 is 0 Å². The molecule has 0 fully saturated rings. The van der Waals surface area contributed by atoms with Crippen LogP contribution in [0.15, 0.2) is 18.2 Å². The number of benzene rings is 1. The molecule has 0 aliphatic rings. The zero-order valence-electron chi connectivity index (χ0n) is 12.0. The zero-order valence-corrected chi connectivity index (χ0v) is 12.0. The highest BCUT2D eigenvalue weighted by molar-refractivity contribution is 5.29. The van der Waals surface area contributed by atoms with Gasteiger partial charge in [-0.05, 0) is 51.8 Å². The van der Waals surface area contributed by atoms with Crippen molar-refractivity contribution in [3.8, 4) is 5.75 Å². The average Bonchev–Trinajstić information content (AvgIpc) is 2.28. The van der Waals surface area contributed by atoms with Crippen molar-refractivity contribution in [3.05, 3.63) is 29.6 Å². The Morgan fingerprint density at radius 2 is 2.00 bits per heavy atom. The maximum atomic E-state index is 13.8. The SMILES string of the molecule is CCC(C)Oc1ccc(CNC(C)(C)C)cc1F. The first-order valence-corrected chi connectivity index (χ1v) is 6.52. The summed E-state index contributed by atoms with van der Waals surface area (Å²) in [6.45, 7) is 10.9. The number of halogens is 1. The Bertz CT molecular complexity index is 385. The molecule has 0 aliphatic carbocycles. The summed E-state index contributed by atoms with van der Waals surface area (Å²) in [5.74, 6) is 0.0485. The third-order valence-electron chi connectivity index (χ3n) is 2.72. The van der Waals surface area contributed by atoms with Crippen molar-refractivity contribution in [2.75, 3.05) is 0 Å². The van der Waals surface area contributed by atoms with Gasteiger partial charge in [0.2, 0.25) is 0 Å². The van der Waals surface area contributed by atoms with Gasteiger partial charge in [0.15, 0.2) is 11.6 Å². The van der Waals surface area contributed by atoms with E-state index in [1.807, 2.05) is 19.9 Å². The van der Waals surface area contributed by atoms with Gasteiger partial charge in [0.1, 0.15) is 0 Å². The summed E-state index contributed by atoms with van der Waals surface area (Å²) in [4.78, 5) is 0. The normalized spacial score (nSPS) is 13.4. The Morgan fingerprint density at radius 1 is 1.33 bits per heavy atom. The molecule has 0 amide bonds. The highest BCUT2D eigenvalue weighted by atomic mass is 19.1.